The number of carbonyl (C=O) groups excluding carboxylic acids is 2. The summed E-state index contributed by atoms with van der Waals surface area (Å²) in [5, 5.41) is 2.75. The molecule has 20 heavy (non-hydrogen) atoms. The van der Waals surface area contributed by atoms with Gasteiger partial charge in [-0.15, -0.1) is 0 Å². The zero-order valence-electron chi connectivity index (χ0n) is 13.4. The van der Waals surface area contributed by atoms with Crippen molar-refractivity contribution in [2.45, 2.75) is 60.0 Å². The lowest BCUT2D eigenvalue weighted by Gasteiger charge is -2.36. The molecule has 1 aliphatic rings. The van der Waals surface area contributed by atoms with Gasteiger partial charge < -0.3 is 10.1 Å². The van der Waals surface area contributed by atoms with Crippen LogP contribution in [0.1, 0.15) is 53.9 Å². The first-order valence-electron chi connectivity index (χ1n) is 7.78. The van der Waals surface area contributed by atoms with Crippen LogP contribution >= 0.6 is 0 Å². The molecule has 0 radical (unpaired) electrons. The van der Waals surface area contributed by atoms with Crippen LogP contribution in [0.2, 0.25) is 0 Å². The predicted molar refractivity (Wildman–Crippen MR) is 79.1 cm³/mol. The van der Waals surface area contributed by atoms with E-state index < -0.39 is 0 Å². The van der Waals surface area contributed by atoms with E-state index in [1.807, 2.05) is 0 Å². The van der Waals surface area contributed by atoms with Crippen molar-refractivity contribution in [3.63, 3.8) is 0 Å². The molecule has 0 spiro atoms. The standard InChI is InChI=1S/C16H29NO3/c1-10(2)13-7-6-12(5)8-14(13)16(19)17-9-15(18)20-11(3)4/h10-14H,6-9H2,1-5H3,(H,17,19)/t12?,13-,14+/m0/s1. The number of hydrogen-bond acceptors (Lipinski definition) is 3. The number of ether oxygens (including phenoxy) is 1. The van der Waals surface area contributed by atoms with Crippen molar-refractivity contribution < 1.29 is 14.3 Å². The molecule has 116 valence electrons. The molecule has 1 unspecified atom stereocenters. The smallest absolute Gasteiger partial charge is 0.325 e. The van der Waals surface area contributed by atoms with Gasteiger partial charge in [0.15, 0.2) is 0 Å². The summed E-state index contributed by atoms with van der Waals surface area (Å²) in [5.41, 5.74) is 0. The number of hydrogen-bond donors (Lipinski definition) is 1. The number of esters is 1. The Labute approximate surface area is 122 Å². The second kappa shape index (κ2) is 7.65. The molecule has 4 nitrogen and oxygen atoms in total. The van der Waals surface area contributed by atoms with Crippen LogP contribution in [0.4, 0.5) is 0 Å². The van der Waals surface area contributed by atoms with Crippen LogP contribution in [0.3, 0.4) is 0 Å². The van der Waals surface area contributed by atoms with E-state index in [0.717, 1.165) is 12.8 Å². The second-order valence-electron chi connectivity index (χ2n) is 6.69. The number of nitrogens with one attached hydrogen (secondary N) is 1. The predicted octanol–water partition coefficient (Wildman–Crippen LogP) is 2.76. The largest absolute Gasteiger partial charge is 0.462 e. The normalized spacial score (nSPS) is 26.6. The Hall–Kier alpha value is -1.06. The summed E-state index contributed by atoms with van der Waals surface area (Å²) in [6.45, 7) is 10.1. The fraction of sp³-hybridized carbons (Fsp3) is 0.875. The Morgan fingerprint density at radius 2 is 1.85 bits per heavy atom. The molecule has 1 aliphatic carbocycles. The SMILES string of the molecule is CC1CC[C@@H](C(C)C)[C@H](C(=O)NCC(=O)OC(C)C)C1. The molecule has 0 heterocycles. The summed E-state index contributed by atoms with van der Waals surface area (Å²) in [6, 6.07) is 0. The Balaban J connectivity index is 2.52. The van der Waals surface area contributed by atoms with E-state index in [-0.39, 0.29) is 30.4 Å². The summed E-state index contributed by atoms with van der Waals surface area (Å²) in [6.07, 6.45) is 3.08. The van der Waals surface area contributed by atoms with Crippen LogP contribution in [-0.2, 0) is 14.3 Å². The molecule has 0 aromatic rings. The topological polar surface area (TPSA) is 55.4 Å². The third-order valence-corrected chi connectivity index (χ3v) is 4.13. The molecule has 0 saturated heterocycles. The summed E-state index contributed by atoms with van der Waals surface area (Å²) in [7, 11) is 0. The lowest BCUT2D eigenvalue weighted by Crippen LogP contribution is -2.42. The molecule has 1 rings (SSSR count). The highest BCUT2D eigenvalue weighted by atomic mass is 16.5. The van der Waals surface area contributed by atoms with Crippen molar-refractivity contribution in [3.8, 4) is 0 Å². The first-order valence-corrected chi connectivity index (χ1v) is 7.78. The molecule has 1 N–H and O–H groups in total. The van der Waals surface area contributed by atoms with Gasteiger partial charge in [0.05, 0.1) is 6.10 Å². The average molecular weight is 283 g/mol. The first kappa shape index (κ1) is 17.0. The monoisotopic (exact) mass is 283 g/mol. The van der Waals surface area contributed by atoms with Gasteiger partial charge in [-0.3, -0.25) is 9.59 Å². The minimum absolute atomic E-state index is 0.0101. The Morgan fingerprint density at radius 3 is 2.40 bits per heavy atom. The quantitative estimate of drug-likeness (QED) is 0.789. The Morgan fingerprint density at radius 1 is 1.20 bits per heavy atom. The zero-order chi connectivity index (χ0) is 15.3. The van der Waals surface area contributed by atoms with E-state index >= 15 is 0 Å². The van der Waals surface area contributed by atoms with E-state index in [0.29, 0.717) is 17.8 Å². The average Bonchev–Trinajstić information content (AvgIpc) is 2.34. The van der Waals surface area contributed by atoms with Gasteiger partial charge in [0.1, 0.15) is 6.54 Å². The molecule has 0 aromatic carbocycles. The highest BCUT2D eigenvalue weighted by Gasteiger charge is 2.35. The number of amides is 1. The molecule has 1 amide bonds. The fourth-order valence-corrected chi connectivity index (χ4v) is 3.10. The third-order valence-electron chi connectivity index (χ3n) is 4.13. The highest BCUT2D eigenvalue weighted by molar-refractivity contribution is 5.83. The van der Waals surface area contributed by atoms with Crippen molar-refractivity contribution >= 4 is 11.9 Å². The lowest BCUT2D eigenvalue weighted by molar-refractivity contribution is -0.148. The molecular weight excluding hydrogens is 254 g/mol. The van der Waals surface area contributed by atoms with E-state index in [4.69, 9.17) is 4.74 Å². The maximum atomic E-state index is 12.3. The Kier molecular flexibility index (Phi) is 6.50. The van der Waals surface area contributed by atoms with Crippen molar-refractivity contribution in [2.24, 2.45) is 23.7 Å². The maximum absolute atomic E-state index is 12.3. The zero-order valence-corrected chi connectivity index (χ0v) is 13.4. The maximum Gasteiger partial charge on any atom is 0.325 e. The molecule has 0 bridgehead atoms. The molecule has 0 aromatic heterocycles. The van der Waals surface area contributed by atoms with Crippen molar-refractivity contribution in [3.05, 3.63) is 0 Å². The molecule has 1 fully saturated rings. The number of rotatable bonds is 5. The van der Waals surface area contributed by atoms with E-state index in [1.165, 1.54) is 6.42 Å². The van der Waals surface area contributed by atoms with Crippen LogP contribution in [-0.4, -0.2) is 24.5 Å². The molecule has 4 heteroatoms. The summed E-state index contributed by atoms with van der Waals surface area (Å²) in [5.74, 6) is 1.19. The summed E-state index contributed by atoms with van der Waals surface area (Å²) in [4.78, 5) is 23.8. The minimum Gasteiger partial charge on any atom is -0.462 e. The van der Waals surface area contributed by atoms with E-state index in [2.05, 4.69) is 26.1 Å². The first-order chi connectivity index (χ1) is 9.31. The van der Waals surface area contributed by atoms with Crippen LogP contribution in [0.5, 0.6) is 0 Å². The number of carbonyl (C=O) groups is 2. The van der Waals surface area contributed by atoms with Crippen LogP contribution < -0.4 is 5.32 Å². The van der Waals surface area contributed by atoms with Gasteiger partial charge in [0, 0.05) is 5.92 Å². The van der Waals surface area contributed by atoms with Gasteiger partial charge in [0.2, 0.25) is 5.91 Å². The van der Waals surface area contributed by atoms with Gasteiger partial charge in [-0.1, -0.05) is 27.2 Å². The Bertz CT molecular complexity index is 339. The van der Waals surface area contributed by atoms with E-state index in [1.54, 1.807) is 13.8 Å². The van der Waals surface area contributed by atoms with Gasteiger partial charge in [0.25, 0.3) is 0 Å². The lowest BCUT2D eigenvalue weighted by atomic mass is 9.70. The summed E-state index contributed by atoms with van der Waals surface area (Å²) >= 11 is 0. The summed E-state index contributed by atoms with van der Waals surface area (Å²) < 4.78 is 5.03. The third kappa shape index (κ3) is 5.14. The molecule has 3 atom stereocenters. The van der Waals surface area contributed by atoms with Crippen LogP contribution in [0.15, 0.2) is 0 Å². The second-order valence-corrected chi connectivity index (χ2v) is 6.69. The molecule has 0 aliphatic heterocycles. The van der Waals surface area contributed by atoms with Crippen LogP contribution in [0, 0.1) is 23.7 Å². The van der Waals surface area contributed by atoms with Gasteiger partial charge >= 0.3 is 5.97 Å². The van der Waals surface area contributed by atoms with Crippen molar-refractivity contribution in [2.75, 3.05) is 6.54 Å². The minimum atomic E-state index is -0.363. The molecular formula is C16H29NO3. The highest BCUT2D eigenvalue weighted by Crippen LogP contribution is 2.37. The fourth-order valence-electron chi connectivity index (χ4n) is 3.10. The van der Waals surface area contributed by atoms with Gasteiger partial charge in [-0.25, -0.2) is 0 Å². The van der Waals surface area contributed by atoms with E-state index in [9.17, 15) is 9.59 Å². The van der Waals surface area contributed by atoms with Gasteiger partial charge in [-0.05, 0) is 44.4 Å². The van der Waals surface area contributed by atoms with Crippen LogP contribution in [0.25, 0.3) is 0 Å². The van der Waals surface area contributed by atoms with Gasteiger partial charge in [-0.2, -0.15) is 0 Å². The van der Waals surface area contributed by atoms with Crippen molar-refractivity contribution in [1.82, 2.24) is 5.32 Å². The molecule has 1 saturated carbocycles. The van der Waals surface area contributed by atoms with Crippen molar-refractivity contribution in [1.29, 1.82) is 0 Å².